The number of nitrogens with one attached hydrogen (secondary N) is 1. The predicted molar refractivity (Wildman–Crippen MR) is 75.1 cm³/mol. The van der Waals surface area contributed by atoms with E-state index in [9.17, 15) is 4.79 Å². The van der Waals surface area contributed by atoms with Crippen LogP contribution in [-0.4, -0.2) is 51.4 Å². The van der Waals surface area contributed by atoms with Gasteiger partial charge in [0.2, 0.25) is 5.91 Å². The monoisotopic (exact) mass is 268 g/mol. The van der Waals surface area contributed by atoms with Crippen LogP contribution in [0.25, 0.3) is 0 Å². The van der Waals surface area contributed by atoms with Gasteiger partial charge in [0.15, 0.2) is 0 Å². The maximum Gasteiger partial charge on any atom is 0.241 e. The molecular formula is C13H24N4O2. The molecule has 0 radical (unpaired) electrons. The van der Waals surface area contributed by atoms with Crippen molar-refractivity contribution in [3.05, 3.63) is 11.4 Å². The number of aliphatic hydroxyl groups is 1. The van der Waals surface area contributed by atoms with Gasteiger partial charge in [-0.3, -0.25) is 14.4 Å². The van der Waals surface area contributed by atoms with Crippen molar-refractivity contribution in [2.75, 3.05) is 25.0 Å². The zero-order valence-electron chi connectivity index (χ0n) is 12.4. The molecule has 1 amide bonds. The number of nitrogens with zero attached hydrogens (tertiary/aromatic N) is 3. The van der Waals surface area contributed by atoms with E-state index in [1.54, 1.807) is 4.68 Å². The maximum absolute atomic E-state index is 12.2. The molecule has 0 aliphatic rings. The molecule has 19 heavy (non-hydrogen) atoms. The van der Waals surface area contributed by atoms with Crippen LogP contribution in [0.2, 0.25) is 0 Å². The second-order valence-electron chi connectivity index (χ2n) is 4.69. The van der Waals surface area contributed by atoms with Crippen LogP contribution < -0.4 is 5.32 Å². The lowest BCUT2D eigenvalue weighted by atomic mass is 10.2. The molecule has 1 atom stereocenters. The minimum Gasteiger partial charge on any atom is -0.395 e. The average Bonchev–Trinajstić information content (AvgIpc) is 2.61. The van der Waals surface area contributed by atoms with Crippen LogP contribution in [0.5, 0.6) is 0 Å². The topological polar surface area (TPSA) is 70.4 Å². The Hall–Kier alpha value is -1.40. The van der Waals surface area contributed by atoms with Gasteiger partial charge in [-0.15, -0.1) is 0 Å². The summed E-state index contributed by atoms with van der Waals surface area (Å²) in [6.07, 6.45) is 0. The minimum atomic E-state index is -0.281. The van der Waals surface area contributed by atoms with Gasteiger partial charge in [0.25, 0.3) is 0 Å². The van der Waals surface area contributed by atoms with E-state index in [4.69, 9.17) is 5.11 Å². The molecule has 1 rings (SSSR count). The predicted octanol–water partition coefficient (Wildman–Crippen LogP) is 0.678. The lowest BCUT2D eigenvalue weighted by Crippen LogP contribution is -2.43. The Kier molecular flexibility index (Phi) is 5.50. The number of likely N-dealkylation sites (N-methyl/N-ethyl adjacent to an activating group) is 1. The molecule has 1 aromatic heterocycles. The summed E-state index contributed by atoms with van der Waals surface area (Å²) >= 11 is 0. The zero-order chi connectivity index (χ0) is 14.6. The van der Waals surface area contributed by atoms with Crippen LogP contribution in [0.15, 0.2) is 0 Å². The van der Waals surface area contributed by atoms with Gasteiger partial charge >= 0.3 is 0 Å². The van der Waals surface area contributed by atoms with Crippen molar-refractivity contribution in [1.29, 1.82) is 0 Å². The first-order valence-electron chi connectivity index (χ1n) is 6.58. The summed E-state index contributed by atoms with van der Waals surface area (Å²) in [5, 5.41) is 16.2. The molecule has 0 aliphatic heterocycles. The van der Waals surface area contributed by atoms with E-state index in [1.165, 1.54) is 0 Å². The largest absolute Gasteiger partial charge is 0.395 e. The number of rotatable bonds is 6. The van der Waals surface area contributed by atoms with E-state index in [0.717, 1.165) is 23.6 Å². The highest BCUT2D eigenvalue weighted by Crippen LogP contribution is 2.18. The lowest BCUT2D eigenvalue weighted by Gasteiger charge is -2.26. The van der Waals surface area contributed by atoms with Crippen molar-refractivity contribution in [1.82, 2.24) is 14.7 Å². The standard InChI is InChI=1S/C13H24N4O2/c1-6-17(7-8-18)11(4)13(19)14-12-9(2)15-16(5)10(12)3/h11,18H,6-8H2,1-5H3,(H,14,19). The number of amides is 1. The number of aromatic nitrogens is 2. The van der Waals surface area contributed by atoms with Gasteiger partial charge < -0.3 is 10.4 Å². The first-order valence-corrected chi connectivity index (χ1v) is 6.58. The molecule has 6 heteroatoms. The van der Waals surface area contributed by atoms with Crippen molar-refractivity contribution >= 4 is 11.6 Å². The smallest absolute Gasteiger partial charge is 0.241 e. The number of aliphatic hydroxyl groups excluding tert-OH is 1. The van der Waals surface area contributed by atoms with Crippen LogP contribution in [0.3, 0.4) is 0 Å². The molecular weight excluding hydrogens is 244 g/mol. The molecule has 1 heterocycles. The fourth-order valence-corrected chi connectivity index (χ4v) is 2.10. The third-order valence-corrected chi connectivity index (χ3v) is 3.48. The Labute approximate surface area is 114 Å². The third kappa shape index (κ3) is 3.54. The van der Waals surface area contributed by atoms with Gasteiger partial charge in [-0.2, -0.15) is 5.10 Å². The van der Waals surface area contributed by atoms with Gasteiger partial charge in [-0.1, -0.05) is 6.92 Å². The molecule has 0 saturated carbocycles. The quantitative estimate of drug-likeness (QED) is 0.796. The number of carbonyl (C=O) groups excluding carboxylic acids is 1. The number of hydrogen-bond donors (Lipinski definition) is 2. The summed E-state index contributed by atoms with van der Waals surface area (Å²) < 4.78 is 1.75. The van der Waals surface area contributed by atoms with Gasteiger partial charge in [0, 0.05) is 13.6 Å². The molecule has 1 unspecified atom stereocenters. The highest BCUT2D eigenvalue weighted by molar-refractivity contribution is 5.95. The van der Waals surface area contributed by atoms with Gasteiger partial charge in [-0.05, 0) is 27.3 Å². The molecule has 108 valence electrons. The normalized spacial score (nSPS) is 12.8. The molecule has 0 bridgehead atoms. The number of hydrogen-bond acceptors (Lipinski definition) is 4. The zero-order valence-corrected chi connectivity index (χ0v) is 12.4. The lowest BCUT2D eigenvalue weighted by molar-refractivity contribution is -0.120. The van der Waals surface area contributed by atoms with Crippen molar-refractivity contribution in [2.45, 2.75) is 33.7 Å². The molecule has 0 fully saturated rings. The van der Waals surface area contributed by atoms with E-state index >= 15 is 0 Å². The molecule has 0 spiro atoms. The van der Waals surface area contributed by atoms with Crippen LogP contribution in [0.4, 0.5) is 5.69 Å². The Balaban J connectivity index is 2.78. The molecule has 0 saturated heterocycles. The molecule has 6 nitrogen and oxygen atoms in total. The highest BCUT2D eigenvalue weighted by atomic mass is 16.3. The Morgan fingerprint density at radius 2 is 2.16 bits per heavy atom. The first-order chi connectivity index (χ1) is 8.92. The van der Waals surface area contributed by atoms with Gasteiger partial charge in [0.1, 0.15) is 0 Å². The van der Waals surface area contributed by atoms with E-state index in [-0.39, 0.29) is 18.6 Å². The van der Waals surface area contributed by atoms with Crippen molar-refractivity contribution in [3.8, 4) is 0 Å². The van der Waals surface area contributed by atoms with Crippen molar-refractivity contribution < 1.29 is 9.90 Å². The average molecular weight is 268 g/mol. The maximum atomic E-state index is 12.2. The summed E-state index contributed by atoms with van der Waals surface area (Å²) in [6.45, 7) is 8.88. The third-order valence-electron chi connectivity index (χ3n) is 3.48. The number of aryl methyl sites for hydroxylation is 2. The summed E-state index contributed by atoms with van der Waals surface area (Å²) in [7, 11) is 1.85. The summed E-state index contributed by atoms with van der Waals surface area (Å²) in [6, 6.07) is -0.281. The fraction of sp³-hybridized carbons (Fsp3) is 0.692. The summed E-state index contributed by atoms with van der Waals surface area (Å²) in [5.74, 6) is -0.0745. The van der Waals surface area contributed by atoms with Crippen molar-refractivity contribution in [3.63, 3.8) is 0 Å². The van der Waals surface area contributed by atoms with E-state index in [2.05, 4.69) is 10.4 Å². The number of carbonyl (C=O) groups is 1. The van der Waals surface area contributed by atoms with E-state index in [0.29, 0.717) is 6.54 Å². The Bertz CT molecular complexity index is 442. The van der Waals surface area contributed by atoms with Crippen LogP contribution in [0, 0.1) is 13.8 Å². The fourth-order valence-electron chi connectivity index (χ4n) is 2.10. The molecule has 2 N–H and O–H groups in total. The summed E-state index contributed by atoms with van der Waals surface area (Å²) in [4.78, 5) is 14.2. The second kappa shape index (κ2) is 6.68. The second-order valence-corrected chi connectivity index (χ2v) is 4.69. The summed E-state index contributed by atoms with van der Waals surface area (Å²) in [5.41, 5.74) is 2.52. The van der Waals surface area contributed by atoms with Crippen LogP contribution in [0.1, 0.15) is 25.2 Å². The Morgan fingerprint density at radius 1 is 1.53 bits per heavy atom. The Morgan fingerprint density at radius 3 is 2.58 bits per heavy atom. The van der Waals surface area contributed by atoms with Gasteiger partial charge in [0.05, 0.1) is 29.7 Å². The highest BCUT2D eigenvalue weighted by Gasteiger charge is 2.21. The van der Waals surface area contributed by atoms with Crippen LogP contribution in [-0.2, 0) is 11.8 Å². The van der Waals surface area contributed by atoms with Crippen molar-refractivity contribution in [2.24, 2.45) is 7.05 Å². The van der Waals surface area contributed by atoms with Gasteiger partial charge in [-0.25, -0.2) is 0 Å². The first kappa shape index (κ1) is 15.7. The number of anilines is 1. The SMILES string of the molecule is CCN(CCO)C(C)C(=O)Nc1c(C)nn(C)c1C. The van der Waals surface area contributed by atoms with Crippen LogP contribution >= 0.6 is 0 Å². The molecule has 0 aliphatic carbocycles. The molecule has 0 aromatic carbocycles. The van der Waals surface area contributed by atoms with E-state index in [1.807, 2.05) is 39.6 Å². The minimum absolute atomic E-state index is 0.0520. The molecule has 1 aromatic rings. The van der Waals surface area contributed by atoms with E-state index < -0.39 is 0 Å².